The second-order valence-electron chi connectivity index (χ2n) is 2.15. The molecule has 0 saturated carbocycles. The molecule has 0 aliphatic rings. The Bertz CT molecular complexity index is 62.6. The maximum Gasteiger partial charge on any atom is 0.0459 e. The number of hydrogen-bond donors (Lipinski definition) is 1. The summed E-state index contributed by atoms with van der Waals surface area (Å²) in [5.41, 5.74) is 0. The van der Waals surface area contributed by atoms with Crippen molar-refractivity contribution in [2.45, 2.75) is 26.7 Å². The average molecular weight is 159 g/mol. The molecule has 1 N–H and O–H groups in total. The Kier molecular flexibility index (Phi) is 19.4. The van der Waals surface area contributed by atoms with E-state index in [-0.39, 0.29) is 0 Å². The second kappa shape index (κ2) is 16.2. The van der Waals surface area contributed by atoms with E-state index in [4.69, 9.17) is 4.74 Å². The summed E-state index contributed by atoms with van der Waals surface area (Å²) in [6.45, 7) is 9.63. The summed E-state index contributed by atoms with van der Waals surface area (Å²) in [5, 5.41) is 2.96. The van der Waals surface area contributed by atoms with Gasteiger partial charge in [0.1, 0.15) is 0 Å². The zero-order chi connectivity index (χ0) is 8.95. The molecule has 0 aromatic heterocycles. The third-order valence-corrected chi connectivity index (χ3v) is 0.947. The second-order valence-corrected chi connectivity index (χ2v) is 2.15. The van der Waals surface area contributed by atoms with Crippen molar-refractivity contribution in [2.75, 3.05) is 20.3 Å². The molecule has 0 aliphatic heterocycles. The van der Waals surface area contributed by atoms with E-state index in [0.29, 0.717) is 0 Å². The summed E-state index contributed by atoms with van der Waals surface area (Å²) < 4.78 is 4.69. The molecule has 68 valence electrons. The van der Waals surface area contributed by atoms with Crippen molar-refractivity contribution in [1.29, 1.82) is 0 Å². The molecule has 0 aliphatic carbocycles. The summed E-state index contributed by atoms with van der Waals surface area (Å²) in [5.74, 6) is 0. The van der Waals surface area contributed by atoms with E-state index in [0.717, 1.165) is 19.6 Å². The molecule has 0 spiro atoms. The zero-order valence-corrected chi connectivity index (χ0v) is 8.02. The van der Waals surface area contributed by atoms with Crippen LogP contribution in [0.15, 0.2) is 12.8 Å². The van der Waals surface area contributed by atoms with Gasteiger partial charge >= 0.3 is 0 Å². The zero-order valence-electron chi connectivity index (χ0n) is 8.02. The van der Waals surface area contributed by atoms with Gasteiger partial charge in [0.25, 0.3) is 0 Å². The van der Waals surface area contributed by atoms with Crippen LogP contribution in [0.4, 0.5) is 0 Å². The Morgan fingerprint density at radius 3 is 2.09 bits per heavy atom. The molecule has 2 heteroatoms. The van der Waals surface area contributed by atoms with Crippen molar-refractivity contribution in [3.8, 4) is 0 Å². The van der Waals surface area contributed by atoms with E-state index in [9.17, 15) is 0 Å². The molecule has 0 bridgehead atoms. The molecule has 0 rings (SSSR count). The van der Waals surface area contributed by atoms with Crippen molar-refractivity contribution in [2.24, 2.45) is 0 Å². The fourth-order valence-electron chi connectivity index (χ4n) is 0.451. The molecule has 0 aromatic carbocycles. The van der Waals surface area contributed by atoms with E-state index in [1.807, 2.05) is 0 Å². The van der Waals surface area contributed by atoms with Gasteiger partial charge in [-0.05, 0) is 19.0 Å². The number of nitrogens with one attached hydrogen (secondary N) is 1. The van der Waals surface area contributed by atoms with Gasteiger partial charge in [0.05, 0.1) is 0 Å². The highest BCUT2D eigenvalue weighted by atomic mass is 16.5. The summed E-state index contributed by atoms with van der Waals surface area (Å²) in [6, 6.07) is 0. The van der Waals surface area contributed by atoms with Crippen molar-refractivity contribution in [3.63, 3.8) is 0 Å². The van der Waals surface area contributed by atoms with Crippen LogP contribution < -0.4 is 5.32 Å². The van der Waals surface area contributed by atoms with Crippen LogP contribution in [0.2, 0.25) is 0 Å². The Morgan fingerprint density at radius 2 is 2.00 bits per heavy atom. The summed E-state index contributed by atoms with van der Waals surface area (Å²) in [6.07, 6.45) is 4.01. The quantitative estimate of drug-likeness (QED) is 0.621. The van der Waals surface area contributed by atoms with Crippen LogP contribution >= 0.6 is 0 Å². The van der Waals surface area contributed by atoms with Crippen molar-refractivity contribution < 1.29 is 4.74 Å². The van der Waals surface area contributed by atoms with E-state index in [1.165, 1.54) is 6.42 Å². The normalized spacial score (nSPS) is 7.91. The SMILES string of the molecule is C=CNCCC.CCCOC. The Labute approximate surface area is 70.6 Å². The van der Waals surface area contributed by atoms with Gasteiger partial charge in [0, 0.05) is 20.3 Å². The van der Waals surface area contributed by atoms with Crippen LogP contribution in [0.1, 0.15) is 26.7 Å². The first-order chi connectivity index (χ1) is 5.33. The lowest BCUT2D eigenvalue weighted by atomic mass is 10.5. The third kappa shape index (κ3) is 26.4. The first-order valence-electron chi connectivity index (χ1n) is 4.16. The number of hydrogen-bond acceptors (Lipinski definition) is 2. The van der Waals surface area contributed by atoms with E-state index >= 15 is 0 Å². The standard InChI is InChI=1S/C5H11N.C4H10O/c1-3-5-6-4-2;1-3-4-5-2/h4,6H,2-3,5H2,1H3;3-4H2,1-2H3. The van der Waals surface area contributed by atoms with E-state index in [1.54, 1.807) is 13.3 Å². The predicted octanol–water partition coefficient (Wildman–Crippen LogP) is 2.17. The molecule has 0 atom stereocenters. The highest BCUT2D eigenvalue weighted by molar-refractivity contribution is 4.60. The predicted molar refractivity (Wildman–Crippen MR) is 50.7 cm³/mol. The van der Waals surface area contributed by atoms with Gasteiger partial charge in [-0.3, -0.25) is 0 Å². The maximum absolute atomic E-state index is 4.69. The van der Waals surface area contributed by atoms with Gasteiger partial charge in [0.2, 0.25) is 0 Å². The smallest absolute Gasteiger partial charge is 0.0459 e. The number of ether oxygens (including phenoxy) is 1. The lowest BCUT2D eigenvalue weighted by molar-refractivity contribution is 0.199. The van der Waals surface area contributed by atoms with Crippen molar-refractivity contribution >= 4 is 0 Å². The highest BCUT2D eigenvalue weighted by Crippen LogP contribution is 1.70. The lowest BCUT2D eigenvalue weighted by Crippen LogP contribution is -2.03. The molecule has 0 fully saturated rings. The minimum absolute atomic E-state index is 0.889. The average Bonchev–Trinajstić information content (AvgIpc) is 2.04. The summed E-state index contributed by atoms with van der Waals surface area (Å²) >= 11 is 0. The minimum Gasteiger partial charge on any atom is -0.391 e. The summed E-state index contributed by atoms with van der Waals surface area (Å²) in [4.78, 5) is 0. The van der Waals surface area contributed by atoms with Gasteiger partial charge in [-0.1, -0.05) is 20.4 Å². The van der Waals surface area contributed by atoms with E-state index in [2.05, 4.69) is 25.7 Å². The lowest BCUT2D eigenvalue weighted by Gasteiger charge is -1.89. The highest BCUT2D eigenvalue weighted by Gasteiger charge is 1.67. The van der Waals surface area contributed by atoms with Gasteiger partial charge in [-0.25, -0.2) is 0 Å². The largest absolute Gasteiger partial charge is 0.391 e. The molecule has 2 nitrogen and oxygen atoms in total. The van der Waals surface area contributed by atoms with Crippen LogP contribution in [-0.4, -0.2) is 20.3 Å². The Hall–Kier alpha value is -0.500. The van der Waals surface area contributed by atoms with Crippen LogP contribution in [-0.2, 0) is 4.74 Å². The molecule has 11 heavy (non-hydrogen) atoms. The fourth-order valence-corrected chi connectivity index (χ4v) is 0.451. The monoisotopic (exact) mass is 159 g/mol. The Balaban J connectivity index is 0. The first-order valence-corrected chi connectivity index (χ1v) is 4.16. The van der Waals surface area contributed by atoms with Crippen LogP contribution in [0, 0.1) is 0 Å². The van der Waals surface area contributed by atoms with Gasteiger partial charge < -0.3 is 10.1 Å². The Morgan fingerprint density at radius 1 is 1.36 bits per heavy atom. The molecule has 0 unspecified atom stereocenters. The van der Waals surface area contributed by atoms with Crippen molar-refractivity contribution in [1.82, 2.24) is 5.32 Å². The topological polar surface area (TPSA) is 21.3 Å². The van der Waals surface area contributed by atoms with Crippen LogP contribution in [0.3, 0.4) is 0 Å². The van der Waals surface area contributed by atoms with Crippen LogP contribution in [0.5, 0.6) is 0 Å². The molecule has 0 saturated heterocycles. The van der Waals surface area contributed by atoms with E-state index < -0.39 is 0 Å². The molecule has 0 heterocycles. The molecular weight excluding hydrogens is 138 g/mol. The minimum atomic E-state index is 0.889. The number of methoxy groups -OCH3 is 1. The van der Waals surface area contributed by atoms with Gasteiger partial charge in [0.15, 0.2) is 0 Å². The maximum atomic E-state index is 4.69. The van der Waals surface area contributed by atoms with Gasteiger partial charge in [-0.15, -0.1) is 0 Å². The number of rotatable bonds is 5. The third-order valence-electron chi connectivity index (χ3n) is 0.947. The van der Waals surface area contributed by atoms with Crippen molar-refractivity contribution in [3.05, 3.63) is 12.8 Å². The molecule has 0 radical (unpaired) electrons. The molecule has 0 amide bonds. The fraction of sp³-hybridized carbons (Fsp3) is 0.778. The van der Waals surface area contributed by atoms with Gasteiger partial charge in [-0.2, -0.15) is 0 Å². The molecule has 0 aromatic rings. The van der Waals surface area contributed by atoms with Crippen LogP contribution in [0.25, 0.3) is 0 Å². The first kappa shape index (κ1) is 13.1. The molecular formula is C9H21NO. The summed E-state index contributed by atoms with van der Waals surface area (Å²) in [7, 11) is 1.71.